The number of nitrogens with zero attached hydrogens (tertiary/aromatic N) is 1. The zero-order valence-electron chi connectivity index (χ0n) is 19.5. The van der Waals surface area contributed by atoms with Crippen LogP contribution in [0, 0.1) is 0 Å². The molecule has 162 valence electrons. The highest BCUT2D eigenvalue weighted by atomic mass is 32.2. The van der Waals surface area contributed by atoms with Gasteiger partial charge in [0.1, 0.15) is 5.75 Å². The van der Waals surface area contributed by atoms with Gasteiger partial charge in [0.15, 0.2) is 0 Å². The third-order valence-electron chi connectivity index (χ3n) is 5.18. The lowest BCUT2D eigenvalue weighted by Gasteiger charge is -2.35. The summed E-state index contributed by atoms with van der Waals surface area (Å²) in [5.41, 5.74) is 4.56. The van der Waals surface area contributed by atoms with E-state index in [0.717, 1.165) is 31.7 Å². The normalized spacial score (nSPS) is 13.0. The second kappa shape index (κ2) is 12.9. The van der Waals surface area contributed by atoms with Gasteiger partial charge in [0.05, 0.1) is 7.11 Å². The molecule has 2 aromatic rings. The molecule has 1 heterocycles. The molecule has 0 N–H and O–H groups in total. The number of ether oxygens (including phenoxy) is 2. The molecule has 1 aliphatic rings. The number of rotatable bonds is 6. The first-order chi connectivity index (χ1) is 13.9. The lowest BCUT2D eigenvalue weighted by Crippen LogP contribution is -2.40. The first kappa shape index (κ1) is 25.5. The van der Waals surface area contributed by atoms with Gasteiger partial charge in [-0.25, -0.2) is 0 Å². The number of benzene rings is 2. The highest BCUT2D eigenvalue weighted by Gasteiger charge is 2.31. The van der Waals surface area contributed by atoms with E-state index in [9.17, 15) is 0 Å². The van der Waals surface area contributed by atoms with Crippen LogP contribution in [-0.2, 0) is 24.2 Å². The second-order valence-corrected chi connectivity index (χ2v) is 8.44. The minimum atomic E-state index is 0.193. The summed E-state index contributed by atoms with van der Waals surface area (Å²) in [6.07, 6.45) is 4.40. The number of aryl methyl sites for hydroxylation is 1. The maximum atomic E-state index is 5.24. The molecule has 0 fully saturated rings. The van der Waals surface area contributed by atoms with Gasteiger partial charge < -0.3 is 9.47 Å². The zero-order chi connectivity index (χ0) is 21.9. The first-order valence-electron chi connectivity index (χ1n) is 10.4. The third kappa shape index (κ3) is 7.69. The van der Waals surface area contributed by atoms with Gasteiger partial charge in [-0.2, -0.15) is 0 Å². The van der Waals surface area contributed by atoms with Gasteiger partial charge >= 0.3 is 0 Å². The van der Waals surface area contributed by atoms with Crippen LogP contribution in [0.5, 0.6) is 5.75 Å². The number of fused-ring (bicyclic) bond motifs is 1. The van der Waals surface area contributed by atoms with E-state index in [1.165, 1.54) is 21.6 Å². The Morgan fingerprint density at radius 3 is 2.07 bits per heavy atom. The predicted molar refractivity (Wildman–Crippen MR) is 127 cm³/mol. The molecule has 0 aliphatic carbocycles. The summed E-state index contributed by atoms with van der Waals surface area (Å²) < 4.78 is 9.49. The summed E-state index contributed by atoms with van der Waals surface area (Å²) >= 11 is 1.83. The number of hydrogen-bond acceptors (Lipinski definition) is 4. The third-order valence-corrected chi connectivity index (χ3v) is 5.90. The first-order valence-corrected chi connectivity index (χ1v) is 11.6. The topological polar surface area (TPSA) is 21.7 Å². The molecular formula is C25H39NO2S. The van der Waals surface area contributed by atoms with E-state index in [1.54, 1.807) is 21.3 Å². The van der Waals surface area contributed by atoms with E-state index < -0.39 is 0 Å². The molecule has 0 saturated carbocycles. The maximum Gasteiger partial charge on any atom is 0.118 e. The molecule has 29 heavy (non-hydrogen) atoms. The van der Waals surface area contributed by atoms with Crippen LogP contribution in [0.4, 0.5) is 0 Å². The van der Waals surface area contributed by atoms with E-state index >= 15 is 0 Å². The molecule has 0 spiro atoms. The summed E-state index contributed by atoms with van der Waals surface area (Å²) in [6.45, 7) is 10.9. The number of thioether (sulfide) groups is 1. The van der Waals surface area contributed by atoms with Crippen LogP contribution in [0.15, 0.2) is 47.4 Å². The van der Waals surface area contributed by atoms with E-state index in [1.807, 2.05) is 25.6 Å². The van der Waals surface area contributed by atoms with Crippen molar-refractivity contribution in [3.63, 3.8) is 0 Å². The summed E-state index contributed by atoms with van der Waals surface area (Å²) in [5, 5.41) is 0. The van der Waals surface area contributed by atoms with Gasteiger partial charge in [-0.3, -0.25) is 4.90 Å². The van der Waals surface area contributed by atoms with Crippen LogP contribution in [0.2, 0.25) is 0 Å². The Morgan fingerprint density at radius 2 is 1.52 bits per heavy atom. The predicted octanol–water partition coefficient (Wildman–Crippen LogP) is 6.43. The molecular weight excluding hydrogens is 378 g/mol. The quantitative estimate of drug-likeness (QED) is 0.505. The number of hydrogen-bond donors (Lipinski definition) is 0. The molecule has 0 aromatic heterocycles. The van der Waals surface area contributed by atoms with Crippen molar-refractivity contribution in [3.8, 4) is 5.75 Å². The minimum absolute atomic E-state index is 0.193. The van der Waals surface area contributed by atoms with Crippen LogP contribution in [0.1, 0.15) is 50.8 Å². The zero-order valence-corrected chi connectivity index (χ0v) is 20.4. The minimum Gasteiger partial charge on any atom is -0.497 e. The van der Waals surface area contributed by atoms with Crippen LogP contribution in [0.25, 0.3) is 0 Å². The molecule has 0 unspecified atom stereocenters. The van der Waals surface area contributed by atoms with Crippen molar-refractivity contribution in [2.75, 3.05) is 27.6 Å². The Bertz CT molecular complexity index is 713. The van der Waals surface area contributed by atoms with Gasteiger partial charge in [0, 0.05) is 37.7 Å². The molecule has 0 bridgehead atoms. The van der Waals surface area contributed by atoms with E-state index in [4.69, 9.17) is 4.74 Å². The smallest absolute Gasteiger partial charge is 0.118 e. The van der Waals surface area contributed by atoms with Crippen molar-refractivity contribution in [1.29, 1.82) is 0 Å². The second-order valence-electron chi connectivity index (χ2n) is 7.56. The van der Waals surface area contributed by atoms with Crippen molar-refractivity contribution in [1.82, 2.24) is 4.90 Å². The Morgan fingerprint density at radius 1 is 0.931 bits per heavy atom. The molecule has 4 heteroatoms. The van der Waals surface area contributed by atoms with Crippen molar-refractivity contribution >= 4 is 11.8 Å². The lowest BCUT2D eigenvalue weighted by molar-refractivity contribution is 0.109. The van der Waals surface area contributed by atoms with Crippen LogP contribution in [0.3, 0.4) is 0 Å². The molecule has 3 rings (SSSR count). The monoisotopic (exact) mass is 417 g/mol. The molecule has 1 aliphatic heterocycles. The summed E-state index contributed by atoms with van der Waals surface area (Å²) in [7, 11) is 4.96. The Balaban J connectivity index is 0.000000771. The number of methoxy groups -OCH3 is 2. The fourth-order valence-electron chi connectivity index (χ4n) is 3.33. The summed E-state index contributed by atoms with van der Waals surface area (Å²) in [6, 6.07) is 15.4. The summed E-state index contributed by atoms with van der Waals surface area (Å²) in [4.78, 5) is 3.98. The van der Waals surface area contributed by atoms with Crippen molar-refractivity contribution < 1.29 is 9.47 Å². The van der Waals surface area contributed by atoms with Gasteiger partial charge in [-0.05, 0) is 73.9 Å². The molecule has 2 aromatic carbocycles. The van der Waals surface area contributed by atoms with Crippen LogP contribution >= 0.6 is 11.8 Å². The Hall–Kier alpha value is -1.49. The van der Waals surface area contributed by atoms with Gasteiger partial charge in [-0.1, -0.05) is 32.0 Å². The summed E-state index contributed by atoms with van der Waals surface area (Å²) in [5.74, 6) is 0.928. The largest absolute Gasteiger partial charge is 0.497 e. The molecule has 0 saturated heterocycles. The highest BCUT2D eigenvalue weighted by Crippen LogP contribution is 2.33. The average Bonchev–Trinajstić information content (AvgIpc) is 3.19. The van der Waals surface area contributed by atoms with E-state index in [-0.39, 0.29) is 5.54 Å². The Kier molecular flexibility index (Phi) is 11.4. The van der Waals surface area contributed by atoms with Crippen LogP contribution in [-0.4, -0.2) is 38.0 Å². The van der Waals surface area contributed by atoms with Crippen LogP contribution < -0.4 is 4.74 Å². The van der Waals surface area contributed by atoms with E-state index in [0.29, 0.717) is 0 Å². The SMILES string of the molecule is CC.COC.COc1ccc(CCC(C)(C)N2Cc3ccc(SC)cc3C2)cc1. The average molecular weight is 418 g/mol. The van der Waals surface area contributed by atoms with Crippen molar-refractivity contribution in [2.45, 2.75) is 64.1 Å². The van der Waals surface area contributed by atoms with E-state index in [2.05, 4.69) is 72.2 Å². The molecule has 0 atom stereocenters. The van der Waals surface area contributed by atoms with Crippen molar-refractivity contribution in [3.05, 3.63) is 59.2 Å². The van der Waals surface area contributed by atoms with Crippen molar-refractivity contribution in [2.24, 2.45) is 0 Å². The lowest BCUT2D eigenvalue weighted by atomic mass is 9.93. The maximum absolute atomic E-state index is 5.24. The fourth-order valence-corrected chi connectivity index (χ4v) is 3.79. The molecule has 0 amide bonds. The standard InChI is InChI=1S/C21H27NOS.C2H6O.C2H6/c1-21(2,12-11-16-5-8-19(23-3)9-6-16)22-14-17-7-10-20(24-4)13-18(17)15-22;1-3-2;1-2/h5-10,13H,11-12,14-15H2,1-4H3;1-2H3;1-2H3. The Labute approximate surface area is 182 Å². The molecule has 0 radical (unpaired) electrons. The molecule has 3 nitrogen and oxygen atoms in total. The van der Waals surface area contributed by atoms with Gasteiger partial charge in [0.2, 0.25) is 0 Å². The van der Waals surface area contributed by atoms with Gasteiger partial charge in [0.25, 0.3) is 0 Å². The van der Waals surface area contributed by atoms with Gasteiger partial charge in [-0.15, -0.1) is 11.8 Å². The fraction of sp³-hybridized carbons (Fsp3) is 0.520. The highest BCUT2D eigenvalue weighted by molar-refractivity contribution is 7.98.